The molecule has 1 amide bonds. The summed E-state index contributed by atoms with van der Waals surface area (Å²) >= 11 is 0.945. The molecule has 5 nitrogen and oxygen atoms in total. The van der Waals surface area contributed by atoms with Crippen molar-refractivity contribution < 1.29 is 27.9 Å². The number of carbonyl (C=O) groups is 2. The van der Waals surface area contributed by atoms with Gasteiger partial charge in [-0.25, -0.2) is 9.78 Å². The van der Waals surface area contributed by atoms with Crippen molar-refractivity contribution in [2.75, 3.05) is 5.75 Å². The van der Waals surface area contributed by atoms with Crippen LogP contribution in [-0.4, -0.2) is 33.3 Å². The Labute approximate surface area is 121 Å². The molecule has 0 spiro atoms. The number of pyridine rings is 1. The van der Waals surface area contributed by atoms with Gasteiger partial charge in [0.2, 0.25) is 5.91 Å². The molecule has 21 heavy (non-hydrogen) atoms. The first-order chi connectivity index (χ1) is 9.73. The van der Waals surface area contributed by atoms with Crippen molar-refractivity contribution in [3.63, 3.8) is 0 Å². The lowest BCUT2D eigenvalue weighted by atomic mass is 10.3. The molecule has 1 heterocycles. The minimum Gasteiger partial charge on any atom is -0.480 e. The number of amides is 1. The fourth-order valence-electron chi connectivity index (χ4n) is 1.59. The van der Waals surface area contributed by atoms with E-state index in [0.29, 0.717) is 19.0 Å². The Morgan fingerprint density at radius 1 is 1.38 bits per heavy atom. The summed E-state index contributed by atoms with van der Waals surface area (Å²) in [4.78, 5) is 26.1. The van der Waals surface area contributed by atoms with Gasteiger partial charge in [0.05, 0.1) is 16.3 Å². The Morgan fingerprint density at radius 3 is 2.48 bits per heavy atom. The van der Waals surface area contributed by atoms with Crippen LogP contribution in [0.2, 0.25) is 0 Å². The first-order valence-electron chi connectivity index (χ1n) is 5.93. The summed E-state index contributed by atoms with van der Waals surface area (Å²) in [6.07, 6.45) is -2.98. The second-order valence-electron chi connectivity index (χ2n) is 4.61. The Hall–Kier alpha value is -1.77. The van der Waals surface area contributed by atoms with Crippen LogP contribution in [0.4, 0.5) is 13.2 Å². The summed E-state index contributed by atoms with van der Waals surface area (Å²) in [6.45, 7) is 0. The molecule has 1 aliphatic rings. The highest BCUT2D eigenvalue weighted by Gasteiger charge is 2.51. The van der Waals surface area contributed by atoms with E-state index >= 15 is 0 Å². The molecule has 0 bridgehead atoms. The number of carboxylic acids is 1. The van der Waals surface area contributed by atoms with Gasteiger partial charge in [-0.3, -0.25) is 4.79 Å². The number of thioether (sulfide) groups is 1. The predicted octanol–water partition coefficient (Wildman–Crippen LogP) is 1.93. The number of aliphatic carboxylic acids is 1. The molecule has 0 atom stereocenters. The second-order valence-corrected chi connectivity index (χ2v) is 5.60. The number of alkyl halides is 3. The zero-order valence-corrected chi connectivity index (χ0v) is 11.4. The van der Waals surface area contributed by atoms with Crippen LogP contribution in [-0.2, 0) is 15.8 Å². The molecule has 9 heteroatoms. The van der Waals surface area contributed by atoms with Crippen LogP contribution in [0.25, 0.3) is 0 Å². The van der Waals surface area contributed by atoms with Gasteiger partial charge < -0.3 is 10.4 Å². The normalized spacial score (nSPS) is 16.3. The van der Waals surface area contributed by atoms with Gasteiger partial charge >= 0.3 is 12.1 Å². The summed E-state index contributed by atoms with van der Waals surface area (Å²) < 4.78 is 37.0. The number of nitrogens with zero attached hydrogens (tertiary/aromatic N) is 1. The van der Waals surface area contributed by atoms with E-state index in [0.717, 1.165) is 17.8 Å². The van der Waals surface area contributed by atoms with Gasteiger partial charge in [-0.15, -0.1) is 0 Å². The van der Waals surface area contributed by atoms with Crippen molar-refractivity contribution in [1.82, 2.24) is 10.3 Å². The van der Waals surface area contributed by atoms with Crippen molar-refractivity contribution in [2.45, 2.75) is 29.6 Å². The van der Waals surface area contributed by atoms with Gasteiger partial charge in [0, 0.05) is 6.20 Å². The zero-order chi connectivity index (χ0) is 15.7. The maximum atomic E-state index is 12.3. The highest BCUT2D eigenvalue weighted by molar-refractivity contribution is 7.99. The molecule has 0 aromatic carbocycles. The van der Waals surface area contributed by atoms with E-state index < -0.39 is 29.2 Å². The Kier molecular flexibility index (Phi) is 4.13. The van der Waals surface area contributed by atoms with E-state index in [-0.39, 0.29) is 10.8 Å². The Bertz CT molecular complexity index is 556. The topological polar surface area (TPSA) is 79.3 Å². The molecule has 0 saturated heterocycles. The van der Waals surface area contributed by atoms with Crippen LogP contribution in [0.1, 0.15) is 18.4 Å². The summed E-state index contributed by atoms with van der Waals surface area (Å²) in [5, 5.41) is 11.6. The maximum Gasteiger partial charge on any atom is 0.417 e. The molecule has 1 aromatic heterocycles. The largest absolute Gasteiger partial charge is 0.480 e. The van der Waals surface area contributed by atoms with Crippen LogP contribution in [0.5, 0.6) is 0 Å². The van der Waals surface area contributed by atoms with Crippen LogP contribution in [0.3, 0.4) is 0 Å². The molecule has 1 saturated carbocycles. The van der Waals surface area contributed by atoms with Gasteiger partial charge in [0.25, 0.3) is 0 Å². The minimum absolute atomic E-state index is 0.104. The molecule has 2 N–H and O–H groups in total. The highest BCUT2D eigenvalue weighted by atomic mass is 32.2. The number of aromatic nitrogens is 1. The number of hydrogen-bond acceptors (Lipinski definition) is 4. The molecule has 114 valence electrons. The van der Waals surface area contributed by atoms with Crippen molar-refractivity contribution >= 4 is 23.6 Å². The molecule has 1 fully saturated rings. The quantitative estimate of drug-likeness (QED) is 0.811. The lowest BCUT2D eigenvalue weighted by Gasteiger charge is -2.12. The first-order valence-corrected chi connectivity index (χ1v) is 6.92. The van der Waals surface area contributed by atoms with E-state index in [4.69, 9.17) is 5.11 Å². The van der Waals surface area contributed by atoms with Gasteiger partial charge in [-0.1, -0.05) is 11.8 Å². The molecule has 0 aliphatic heterocycles. The number of carbonyl (C=O) groups excluding carboxylic acids is 1. The average molecular weight is 320 g/mol. The van der Waals surface area contributed by atoms with Gasteiger partial charge in [-0.05, 0) is 25.0 Å². The average Bonchev–Trinajstić information content (AvgIpc) is 3.17. The van der Waals surface area contributed by atoms with Crippen molar-refractivity contribution in [1.29, 1.82) is 0 Å². The Balaban J connectivity index is 1.86. The van der Waals surface area contributed by atoms with Crippen molar-refractivity contribution in [2.24, 2.45) is 0 Å². The zero-order valence-electron chi connectivity index (χ0n) is 10.6. The fraction of sp³-hybridized carbons (Fsp3) is 0.417. The molecular formula is C12H11F3N2O3S. The smallest absolute Gasteiger partial charge is 0.417 e. The third kappa shape index (κ3) is 3.87. The summed E-state index contributed by atoms with van der Waals surface area (Å²) in [5.41, 5.74) is -2.02. The monoisotopic (exact) mass is 320 g/mol. The van der Waals surface area contributed by atoms with Crippen molar-refractivity contribution in [3.8, 4) is 0 Å². The standard InChI is InChI=1S/C12H11F3N2O3S/c13-12(14,15)7-1-2-9(16-5-7)21-6-8(18)17-11(3-4-11)10(19)20/h1-2,5H,3-4,6H2,(H,17,18)(H,19,20). The number of rotatable bonds is 5. The SMILES string of the molecule is O=C(CSc1ccc(C(F)(F)F)cn1)NC1(C(=O)O)CC1. The summed E-state index contributed by atoms with van der Waals surface area (Å²) in [6, 6.07) is 2.05. The molecule has 1 aliphatic carbocycles. The molecule has 1 aromatic rings. The molecule has 0 unspecified atom stereocenters. The van der Waals surface area contributed by atoms with E-state index in [9.17, 15) is 22.8 Å². The number of hydrogen-bond donors (Lipinski definition) is 2. The van der Waals surface area contributed by atoms with Gasteiger partial charge in [0.1, 0.15) is 5.54 Å². The van der Waals surface area contributed by atoms with E-state index in [1.165, 1.54) is 6.07 Å². The summed E-state index contributed by atoms with van der Waals surface area (Å²) in [5.74, 6) is -1.66. The highest BCUT2D eigenvalue weighted by Crippen LogP contribution is 2.35. The van der Waals surface area contributed by atoms with E-state index in [2.05, 4.69) is 10.3 Å². The van der Waals surface area contributed by atoms with Crippen LogP contribution >= 0.6 is 11.8 Å². The lowest BCUT2D eigenvalue weighted by molar-refractivity contribution is -0.142. The third-order valence-electron chi connectivity index (χ3n) is 2.95. The number of nitrogens with one attached hydrogen (secondary N) is 1. The summed E-state index contributed by atoms with van der Waals surface area (Å²) in [7, 11) is 0. The number of halogens is 3. The lowest BCUT2D eigenvalue weighted by Crippen LogP contribution is -2.43. The molecule has 2 rings (SSSR count). The second kappa shape index (κ2) is 5.55. The Morgan fingerprint density at radius 2 is 2.05 bits per heavy atom. The van der Waals surface area contributed by atoms with Crippen LogP contribution in [0.15, 0.2) is 23.4 Å². The molecule has 0 radical (unpaired) electrons. The van der Waals surface area contributed by atoms with E-state index in [1.807, 2.05) is 0 Å². The first kappa shape index (κ1) is 15.6. The fourth-order valence-corrected chi connectivity index (χ4v) is 2.24. The maximum absolute atomic E-state index is 12.3. The van der Waals surface area contributed by atoms with Crippen LogP contribution < -0.4 is 5.32 Å². The van der Waals surface area contributed by atoms with Crippen LogP contribution in [0, 0.1) is 0 Å². The third-order valence-corrected chi connectivity index (χ3v) is 3.90. The van der Waals surface area contributed by atoms with Gasteiger partial charge in [0.15, 0.2) is 0 Å². The minimum atomic E-state index is -4.45. The van der Waals surface area contributed by atoms with Crippen molar-refractivity contribution in [3.05, 3.63) is 23.9 Å². The van der Waals surface area contributed by atoms with E-state index in [1.54, 1.807) is 0 Å². The number of carboxylic acid groups (broad SMARTS) is 1. The molecular weight excluding hydrogens is 309 g/mol. The van der Waals surface area contributed by atoms with Gasteiger partial charge in [-0.2, -0.15) is 13.2 Å². The predicted molar refractivity (Wildman–Crippen MR) is 67.7 cm³/mol.